The molecule has 2 heterocycles. The van der Waals surface area contributed by atoms with Gasteiger partial charge >= 0.3 is 0 Å². The third-order valence-electron chi connectivity index (χ3n) is 3.40. The highest BCUT2D eigenvalue weighted by atomic mass is 32.1. The fraction of sp³-hybridized carbons (Fsp3) is 0. The fourth-order valence-corrected chi connectivity index (χ4v) is 3.22. The maximum absolute atomic E-state index is 6.16. The summed E-state index contributed by atoms with van der Waals surface area (Å²) in [5, 5.41) is 2.73. The van der Waals surface area contributed by atoms with Crippen molar-refractivity contribution in [2.24, 2.45) is 0 Å². The van der Waals surface area contributed by atoms with Gasteiger partial charge in [0.05, 0.1) is 6.26 Å². The molecule has 0 amide bonds. The Morgan fingerprint density at radius 1 is 0.952 bits per heavy atom. The summed E-state index contributed by atoms with van der Waals surface area (Å²) in [5.41, 5.74) is 9.97. The van der Waals surface area contributed by atoms with Crippen molar-refractivity contribution in [1.29, 1.82) is 0 Å². The summed E-state index contributed by atoms with van der Waals surface area (Å²) in [6, 6.07) is 18.0. The Bertz CT molecular complexity index is 909. The van der Waals surface area contributed by atoms with Crippen LogP contribution in [0, 0.1) is 0 Å². The lowest BCUT2D eigenvalue weighted by Crippen LogP contribution is -1.85. The molecule has 2 aromatic heterocycles. The molecule has 2 aromatic carbocycles. The van der Waals surface area contributed by atoms with Gasteiger partial charge in [0.1, 0.15) is 21.3 Å². The Labute approximate surface area is 125 Å². The van der Waals surface area contributed by atoms with Crippen LogP contribution in [0.1, 0.15) is 0 Å². The Morgan fingerprint density at radius 3 is 2.67 bits per heavy atom. The van der Waals surface area contributed by atoms with Crippen molar-refractivity contribution in [2.45, 2.75) is 0 Å². The van der Waals surface area contributed by atoms with Gasteiger partial charge < -0.3 is 10.2 Å². The van der Waals surface area contributed by atoms with Crippen molar-refractivity contribution in [3.63, 3.8) is 0 Å². The van der Waals surface area contributed by atoms with Gasteiger partial charge in [-0.15, -0.1) is 0 Å². The van der Waals surface area contributed by atoms with Gasteiger partial charge in [-0.2, -0.15) is 0 Å². The quantitative estimate of drug-likeness (QED) is 0.577. The molecule has 4 aromatic rings. The molecular formula is C17H12N2OS. The molecule has 0 saturated carbocycles. The van der Waals surface area contributed by atoms with Crippen LogP contribution in [-0.4, -0.2) is 4.98 Å². The van der Waals surface area contributed by atoms with Crippen molar-refractivity contribution < 1.29 is 4.42 Å². The Morgan fingerprint density at radius 2 is 1.81 bits per heavy atom. The zero-order valence-electron chi connectivity index (χ0n) is 11.1. The third-order valence-corrected chi connectivity index (χ3v) is 4.33. The number of nitrogens with zero attached hydrogens (tertiary/aromatic N) is 1. The van der Waals surface area contributed by atoms with E-state index < -0.39 is 0 Å². The van der Waals surface area contributed by atoms with E-state index in [-0.39, 0.29) is 0 Å². The molecule has 4 rings (SSSR count). The van der Waals surface area contributed by atoms with E-state index in [1.54, 1.807) is 6.26 Å². The van der Waals surface area contributed by atoms with Crippen LogP contribution < -0.4 is 5.73 Å². The van der Waals surface area contributed by atoms with Gasteiger partial charge in [-0.1, -0.05) is 41.7 Å². The maximum Gasteiger partial charge on any atom is 0.133 e. The summed E-state index contributed by atoms with van der Waals surface area (Å²) in [4.78, 5) is 4.70. The average Bonchev–Trinajstić information content (AvgIpc) is 3.13. The van der Waals surface area contributed by atoms with Gasteiger partial charge in [0, 0.05) is 16.5 Å². The largest absolute Gasteiger partial charge is 0.464 e. The maximum atomic E-state index is 6.16. The number of benzene rings is 2. The number of thiazole rings is 1. The molecule has 0 saturated heterocycles. The summed E-state index contributed by atoms with van der Waals surface area (Å²) < 4.78 is 5.36. The summed E-state index contributed by atoms with van der Waals surface area (Å²) in [7, 11) is 0. The molecule has 0 unspecified atom stereocenters. The lowest BCUT2D eigenvalue weighted by atomic mass is 10.1. The number of fused-ring (bicyclic) bond motifs is 1. The molecule has 0 spiro atoms. The number of aromatic nitrogens is 1. The minimum Gasteiger partial charge on any atom is -0.464 e. The predicted molar refractivity (Wildman–Crippen MR) is 87.2 cm³/mol. The monoisotopic (exact) mass is 292 g/mol. The molecule has 0 atom stereocenters. The van der Waals surface area contributed by atoms with Crippen LogP contribution in [0.5, 0.6) is 0 Å². The van der Waals surface area contributed by atoms with Crippen LogP contribution in [-0.2, 0) is 0 Å². The number of anilines is 1. The molecule has 0 aliphatic heterocycles. The summed E-state index contributed by atoms with van der Waals surface area (Å²) in [6.07, 6.45) is 1.69. The van der Waals surface area contributed by atoms with Crippen molar-refractivity contribution in [1.82, 2.24) is 4.98 Å². The number of hydrogen-bond acceptors (Lipinski definition) is 4. The van der Waals surface area contributed by atoms with Crippen molar-refractivity contribution in [3.8, 4) is 21.8 Å². The van der Waals surface area contributed by atoms with Crippen LogP contribution in [0.4, 0.5) is 5.00 Å². The molecule has 2 N–H and O–H groups in total. The zero-order chi connectivity index (χ0) is 14.2. The first-order valence-corrected chi connectivity index (χ1v) is 7.42. The highest BCUT2D eigenvalue weighted by molar-refractivity contribution is 7.19. The van der Waals surface area contributed by atoms with E-state index in [4.69, 9.17) is 15.1 Å². The molecule has 0 aliphatic carbocycles. The second-order valence-corrected chi connectivity index (χ2v) is 5.80. The second-order valence-electron chi connectivity index (χ2n) is 4.77. The third kappa shape index (κ3) is 2.10. The van der Waals surface area contributed by atoms with Gasteiger partial charge in [-0.3, -0.25) is 0 Å². The normalized spacial score (nSPS) is 11.0. The molecule has 0 bridgehead atoms. The number of nitrogen functional groups attached to an aromatic ring is 1. The smallest absolute Gasteiger partial charge is 0.133 e. The van der Waals surface area contributed by atoms with E-state index in [1.165, 1.54) is 11.3 Å². The SMILES string of the molecule is Nc1sc(-c2ccccc2)nc1-c1ccc2occc2c1. The topological polar surface area (TPSA) is 52.0 Å². The highest BCUT2D eigenvalue weighted by Gasteiger charge is 2.12. The predicted octanol–water partition coefficient (Wildman–Crippen LogP) is 4.81. The first kappa shape index (κ1) is 12.2. The molecule has 21 heavy (non-hydrogen) atoms. The van der Waals surface area contributed by atoms with E-state index in [0.29, 0.717) is 0 Å². The fourth-order valence-electron chi connectivity index (χ4n) is 2.36. The van der Waals surface area contributed by atoms with Crippen molar-refractivity contribution in [2.75, 3.05) is 5.73 Å². The molecule has 3 nitrogen and oxygen atoms in total. The Hall–Kier alpha value is -2.59. The zero-order valence-corrected chi connectivity index (χ0v) is 11.9. The number of furan rings is 1. The number of nitrogens with two attached hydrogens (primary N) is 1. The van der Waals surface area contributed by atoms with Gasteiger partial charge in [0.15, 0.2) is 0 Å². The lowest BCUT2D eigenvalue weighted by Gasteiger charge is -1.98. The van der Waals surface area contributed by atoms with Crippen LogP contribution >= 0.6 is 11.3 Å². The van der Waals surface area contributed by atoms with E-state index >= 15 is 0 Å². The van der Waals surface area contributed by atoms with Crippen molar-refractivity contribution in [3.05, 3.63) is 60.9 Å². The lowest BCUT2D eigenvalue weighted by molar-refractivity contribution is 0.616. The van der Waals surface area contributed by atoms with E-state index in [0.717, 1.165) is 37.8 Å². The molecular weight excluding hydrogens is 280 g/mol. The summed E-state index contributed by atoms with van der Waals surface area (Å²) >= 11 is 1.51. The van der Waals surface area contributed by atoms with Gasteiger partial charge in [0.2, 0.25) is 0 Å². The second kappa shape index (κ2) is 4.75. The van der Waals surface area contributed by atoms with Crippen LogP contribution in [0.25, 0.3) is 32.8 Å². The van der Waals surface area contributed by atoms with Crippen LogP contribution in [0.3, 0.4) is 0 Å². The average molecular weight is 292 g/mol. The summed E-state index contributed by atoms with van der Waals surface area (Å²) in [6.45, 7) is 0. The van der Waals surface area contributed by atoms with Crippen LogP contribution in [0.2, 0.25) is 0 Å². The molecule has 0 radical (unpaired) electrons. The first-order chi connectivity index (χ1) is 10.3. The highest BCUT2D eigenvalue weighted by Crippen LogP contribution is 2.36. The number of hydrogen-bond donors (Lipinski definition) is 1. The van der Waals surface area contributed by atoms with E-state index in [9.17, 15) is 0 Å². The Kier molecular flexibility index (Phi) is 2.75. The number of rotatable bonds is 2. The van der Waals surface area contributed by atoms with Crippen LogP contribution in [0.15, 0.2) is 65.3 Å². The van der Waals surface area contributed by atoms with Gasteiger partial charge in [-0.05, 0) is 24.3 Å². The minimum absolute atomic E-state index is 0.733. The van der Waals surface area contributed by atoms with Gasteiger partial charge in [0.25, 0.3) is 0 Å². The summed E-state index contributed by atoms with van der Waals surface area (Å²) in [5.74, 6) is 0. The molecule has 0 fully saturated rings. The molecule has 102 valence electrons. The van der Waals surface area contributed by atoms with E-state index in [1.807, 2.05) is 48.5 Å². The first-order valence-electron chi connectivity index (χ1n) is 6.60. The van der Waals surface area contributed by atoms with E-state index in [2.05, 4.69) is 6.07 Å². The minimum atomic E-state index is 0.733. The van der Waals surface area contributed by atoms with Crippen molar-refractivity contribution >= 4 is 27.3 Å². The van der Waals surface area contributed by atoms with Gasteiger partial charge in [-0.25, -0.2) is 4.98 Å². The molecule has 4 heteroatoms. The molecule has 0 aliphatic rings. The Balaban J connectivity index is 1.83. The standard InChI is InChI=1S/C17H12N2OS/c18-16-15(13-6-7-14-12(10-13)8-9-20-14)19-17(21-16)11-4-2-1-3-5-11/h1-10H,18H2.